The van der Waals surface area contributed by atoms with Crippen molar-refractivity contribution in [2.45, 2.75) is 16.7 Å². The van der Waals surface area contributed by atoms with Gasteiger partial charge in [-0.3, -0.25) is 0 Å². The van der Waals surface area contributed by atoms with E-state index < -0.39 is 26.7 Å². The molecule has 0 saturated heterocycles. The number of aryl methyl sites for hydroxylation is 1. The molecule has 1 atom stereocenters. The maximum absolute atomic E-state index is 13.1. The predicted molar refractivity (Wildman–Crippen MR) is 78.8 cm³/mol. The molecule has 0 aliphatic heterocycles. The third-order valence-corrected chi connectivity index (χ3v) is 6.02. The summed E-state index contributed by atoms with van der Waals surface area (Å²) in [6.07, 6.45) is 0. The lowest BCUT2D eigenvalue weighted by atomic mass is 10.2. The second-order valence-electron chi connectivity index (χ2n) is 4.15. The first-order chi connectivity index (χ1) is 9.53. The minimum absolute atomic E-state index is 0.0879. The highest BCUT2D eigenvalue weighted by Crippen LogP contribution is 2.18. The SMILES string of the molecule is Cc1ccc(S(=O)(=O)N=S(CF)c2ccccc2)cc1. The van der Waals surface area contributed by atoms with E-state index in [1.54, 1.807) is 42.5 Å². The number of sulfonamides is 1. The van der Waals surface area contributed by atoms with Crippen molar-refractivity contribution in [3.63, 3.8) is 0 Å². The maximum atomic E-state index is 13.1. The second-order valence-corrected chi connectivity index (χ2v) is 7.59. The van der Waals surface area contributed by atoms with Crippen LogP contribution in [0.5, 0.6) is 0 Å². The topological polar surface area (TPSA) is 46.5 Å². The van der Waals surface area contributed by atoms with Crippen molar-refractivity contribution in [1.29, 1.82) is 0 Å². The third-order valence-electron chi connectivity index (χ3n) is 2.63. The van der Waals surface area contributed by atoms with Crippen LogP contribution in [0.3, 0.4) is 0 Å². The van der Waals surface area contributed by atoms with Crippen LogP contribution in [0.4, 0.5) is 4.39 Å². The molecule has 0 fully saturated rings. The summed E-state index contributed by atoms with van der Waals surface area (Å²) in [7, 11) is -5.14. The minimum atomic E-state index is -3.84. The zero-order valence-electron chi connectivity index (χ0n) is 10.9. The van der Waals surface area contributed by atoms with E-state index in [0.717, 1.165) is 5.56 Å². The summed E-state index contributed by atoms with van der Waals surface area (Å²) in [4.78, 5) is 0.663. The van der Waals surface area contributed by atoms with Gasteiger partial charge in [0, 0.05) is 4.90 Å². The summed E-state index contributed by atoms with van der Waals surface area (Å²) in [5.74, 6) is 0. The predicted octanol–water partition coefficient (Wildman–Crippen LogP) is 3.47. The summed E-state index contributed by atoms with van der Waals surface area (Å²) in [6, 6.07) is 14.1. The van der Waals surface area contributed by atoms with Gasteiger partial charge >= 0.3 is 0 Å². The standard InChI is InChI=1S/C14H14FNO2S2/c1-12-7-9-14(10-8-12)20(17,18)16-19(11-15)13-5-3-2-4-6-13/h2-10H,11H2,1H3. The molecule has 0 spiro atoms. The molecule has 0 N–H and O–H groups in total. The van der Waals surface area contributed by atoms with Crippen molar-refractivity contribution in [3.8, 4) is 0 Å². The summed E-state index contributed by atoms with van der Waals surface area (Å²) in [5.41, 5.74) is 0.955. The van der Waals surface area contributed by atoms with Gasteiger partial charge in [0.1, 0.15) is 0 Å². The molecule has 1 unspecified atom stereocenters. The molecule has 3 nitrogen and oxygen atoms in total. The smallest absolute Gasteiger partial charge is 0.238 e. The molecule has 0 radical (unpaired) electrons. The third kappa shape index (κ3) is 3.52. The lowest BCUT2D eigenvalue weighted by Crippen LogP contribution is -2.02. The lowest BCUT2D eigenvalue weighted by molar-refractivity contribution is 0.594. The van der Waals surface area contributed by atoms with Crippen LogP contribution in [0, 0.1) is 6.92 Å². The highest BCUT2D eigenvalue weighted by molar-refractivity contribution is 8.00. The Balaban J connectivity index is 2.43. The molecule has 2 aromatic rings. The Kier molecular flexibility index (Phi) is 4.67. The van der Waals surface area contributed by atoms with Crippen LogP contribution < -0.4 is 0 Å². The fraction of sp³-hybridized carbons (Fsp3) is 0.143. The average molecular weight is 311 g/mol. The molecule has 106 valence electrons. The van der Waals surface area contributed by atoms with Gasteiger partial charge in [0.15, 0.2) is 6.01 Å². The monoisotopic (exact) mass is 311 g/mol. The summed E-state index contributed by atoms with van der Waals surface area (Å²) < 4.78 is 41.1. The summed E-state index contributed by atoms with van der Waals surface area (Å²) >= 11 is 0. The van der Waals surface area contributed by atoms with Gasteiger partial charge in [-0.25, -0.2) is 4.39 Å². The van der Waals surface area contributed by atoms with E-state index in [0.29, 0.717) is 4.90 Å². The summed E-state index contributed by atoms with van der Waals surface area (Å²) in [6.45, 7) is 1.86. The van der Waals surface area contributed by atoms with Crippen LogP contribution in [0.15, 0.2) is 68.2 Å². The second kappa shape index (κ2) is 6.28. The zero-order chi connectivity index (χ0) is 14.6. The van der Waals surface area contributed by atoms with Crippen LogP contribution in [-0.2, 0) is 20.7 Å². The number of halogens is 1. The van der Waals surface area contributed by atoms with Crippen molar-refractivity contribution < 1.29 is 12.8 Å². The largest absolute Gasteiger partial charge is 0.288 e. The van der Waals surface area contributed by atoms with Gasteiger partial charge < -0.3 is 0 Å². The Morgan fingerprint density at radius 1 is 1.05 bits per heavy atom. The number of benzene rings is 2. The number of rotatable bonds is 4. The van der Waals surface area contributed by atoms with Crippen LogP contribution in [0.25, 0.3) is 0 Å². The Morgan fingerprint density at radius 2 is 1.65 bits per heavy atom. The van der Waals surface area contributed by atoms with Gasteiger partial charge in [-0.05, 0) is 41.9 Å². The van der Waals surface area contributed by atoms with E-state index in [-0.39, 0.29) is 4.90 Å². The van der Waals surface area contributed by atoms with Crippen LogP contribution in [0.1, 0.15) is 5.56 Å². The molecule has 0 aromatic heterocycles. The number of hydrogen-bond acceptors (Lipinski definition) is 2. The van der Waals surface area contributed by atoms with Crippen LogP contribution in [0.2, 0.25) is 0 Å². The van der Waals surface area contributed by atoms with Gasteiger partial charge in [0.25, 0.3) is 10.0 Å². The normalized spacial score (nSPS) is 13.3. The van der Waals surface area contributed by atoms with E-state index >= 15 is 0 Å². The fourth-order valence-electron chi connectivity index (χ4n) is 1.58. The first-order valence-electron chi connectivity index (χ1n) is 5.89. The molecule has 0 saturated carbocycles. The summed E-state index contributed by atoms with van der Waals surface area (Å²) in [5, 5.41) is 0. The van der Waals surface area contributed by atoms with Crippen LogP contribution in [-0.4, -0.2) is 14.4 Å². The fourth-order valence-corrected chi connectivity index (χ4v) is 4.45. The highest BCUT2D eigenvalue weighted by Gasteiger charge is 2.14. The molecular formula is C14H14FNO2S2. The van der Waals surface area contributed by atoms with Crippen molar-refractivity contribution in [2.24, 2.45) is 3.77 Å². The lowest BCUT2D eigenvalue weighted by Gasteiger charge is -2.05. The Hall–Kier alpha value is -1.53. The average Bonchev–Trinajstić information content (AvgIpc) is 2.46. The molecular weight excluding hydrogens is 297 g/mol. The van der Waals surface area contributed by atoms with E-state index in [4.69, 9.17) is 0 Å². The van der Waals surface area contributed by atoms with E-state index in [1.165, 1.54) is 12.1 Å². The zero-order valence-corrected chi connectivity index (χ0v) is 12.5. The van der Waals surface area contributed by atoms with Crippen molar-refractivity contribution >= 4 is 20.7 Å². The molecule has 0 aliphatic rings. The molecule has 0 amide bonds. The highest BCUT2D eigenvalue weighted by atomic mass is 32.3. The number of hydrogen-bond donors (Lipinski definition) is 0. The van der Waals surface area contributed by atoms with Gasteiger partial charge in [-0.1, -0.05) is 35.9 Å². The number of alkyl halides is 1. The van der Waals surface area contributed by atoms with Crippen molar-refractivity contribution in [2.75, 3.05) is 6.01 Å². The van der Waals surface area contributed by atoms with Gasteiger partial charge in [0.05, 0.1) is 4.90 Å². The van der Waals surface area contributed by atoms with Crippen LogP contribution >= 0.6 is 0 Å². The minimum Gasteiger partial charge on any atom is -0.238 e. The van der Waals surface area contributed by atoms with Gasteiger partial charge in [-0.15, -0.1) is 3.77 Å². The maximum Gasteiger partial charge on any atom is 0.288 e. The molecule has 20 heavy (non-hydrogen) atoms. The van der Waals surface area contributed by atoms with Crippen molar-refractivity contribution in [1.82, 2.24) is 0 Å². The quantitative estimate of drug-likeness (QED) is 0.868. The Bertz CT molecular complexity index is 711. The number of nitrogens with zero attached hydrogens (tertiary/aromatic N) is 1. The molecule has 0 heterocycles. The molecule has 2 aromatic carbocycles. The Labute approximate surface area is 120 Å². The first kappa shape index (κ1) is 14.9. The Morgan fingerprint density at radius 3 is 2.20 bits per heavy atom. The van der Waals surface area contributed by atoms with E-state index in [1.807, 2.05) is 6.92 Å². The molecule has 6 heteroatoms. The molecule has 2 rings (SSSR count). The van der Waals surface area contributed by atoms with E-state index in [2.05, 4.69) is 3.77 Å². The van der Waals surface area contributed by atoms with Gasteiger partial charge in [-0.2, -0.15) is 8.42 Å². The van der Waals surface area contributed by atoms with Crippen molar-refractivity contribution in [3.05, 3.63) is 60.2 Å². The first-order valence-corrected chi connectivity index (χ1v) is 8.69. The molecule has 0 bridgehead atoms. The van der Waals surface area contributed by atoms with Gasteiger partial charge in [0.2, 0.25) is 0 Å². The molecule has 0 aliphatic carbocycles. The van der Waals surface area contributed by atoms with E-state index in [9.17, 15) is 12.8 Å².